The summed E-state index contributed by atoms with van der Waals surface area (Å²) in [7, 11) is 1.60. The molecule has 0 atom stereocenters. The second kappa shape index (κ2) is 8.07. The Labute approximate surface area is 147 Å². The van der Waals surface area contributed by atoms with Crippen molar-refractivity contribution in [2.45, 2.75) is 13.0 Å². The fourth-order valence-electron chi connectivity index (χ4n) is 2.97. The minimum Gasteiger partial charge on any atom is -0.481 e. The van der Waals surface area contributed by atoms with Crippen LogP contribution in [0, 0.1) is 5.82 Å². The van der Waals surface area contributed by atoms with Gasteiger partial charge in [0.1, 0.15) is 5.82 Å². The van der Waals surface area contributed by atoms with Crippen LogP contribution >= 0.6 is 0 Å². The van der Waals surface area contributed by atoms with Gasteiger partial charge < -0.3 is 9.64 Å². The molecule has 1 aromatic heterocycles. The summed E-state index contributed by atoms with van der Waals surface area (Å²) in [5.41, 5.74) is 1.84. The van der Waals surface area contributed by atoms with Gasteiger partial charge in [0.25, 0.3) is 0 Å². The molecule has 0 radical (unpaired) electrons. The van der Waals surface area contributed by atoms with Crippen LogP contribution in [0.5, 0.6) is 5.88 Å². The summed E-state index contributed by atoms with van der Waals surface area (Å²) >= 11 is 0. The van der Waals surface area contributed by atoms with Gasteiger partial charge in [0.05, 0.1) is 13.5 Å². The number of methoxy groups -OCH3 is 1. The van der Waals surface area contributed by atoms with Crippen LogP contribution < -0.4 is 4.74 Å². The molecule has 0 N–H and O–H groups in total. The van der Waals surface area contributed by atoms with Gasteiger partial charge in [-0.3, -0.25) is 9.69 Å². The lowest BCUT2D eigenvalue weighted by Crippen LogP contribution is -2.48. The van der Waals surface area contributed by atoms with Crippen molar-refractivity contribution in [2.75, 3.05) is 33.3 Å². The highest BCUT2D eigenvalue weighted by molar-refractivity contribution is 5.78. The van der Waals surface area contributed by atoms with E-state index in [1.165, 1.54) is 12.1 Å². The van der Waals surface area contributed by atoms with Crippen molar-refractivity contribution in [3.05, 3.63) is 59.5 Å². The molecule has 6 heteroatoms. The molecule has 3 rings (SSSR count). The first kappa shape index (κ1) is 17.4. The maximum Gasteiger partial charge on any atom is 0.227 e. The standard InChI is InChI=1S/C19H22FN3O2/c1-25-18-6-5-16(13-21-18)14-22-7-9-23(10-8-22)19(24)12-15-3-2-4-17(20)11-15/h2-6,11,13H,7-10,12,14H2,1H3. The normalized spacial score (nSPS) is 15.2. The van der Waals surface area contributed by atoms with E-state index in [-0.39, 0.29) is 18.1 Å². The molecule has 1 aromatic carbocycles. The van der Waals surface area contributed by atoms with Crippen LogP contribution in [-0.2, 0) is 17.8 Å². The largest absolute Gasteiger partial charge is 0.481 e. The lowest BCUT2D eigenvalue weighted by atomic mass is 10.1. The van der Waals surface area contributed by atoms with E-state index in [4.69, 9.17) is 4.74 Å². The fraction of sp³-hybridized carbons (Fsp3) is 0.368. The van der Waals surface area contributed by atoms with E-state index in [0.29, 0.717) is 19.0 Å². The van der Waals surface area contributed by atoms with Crippen molar-refractivity contribution in [1.82, 2.24) is 14.8 Å². The molecule has 0 aliphatic carbocycles. The number of rotatable bonds is 5. The SMILES string of the molecule is COc1ccc(CN2CCN(C(=O)Cc3cccc(F)c3)CC2)cn1. The number of nitrogens with zero attached hydrogens (tertiary/aromatic N) is 3. The predicted molar refractivity (Wildman–Crippen MR) is 92.8 cm³/mol. The topological polar surface area (TPSA) is 45.7 Å². The smallest absolute Gasteiger partial charge is 0.227 e. The summed E-state index contributed by atoms with van der Waals surface area (Å²) in [6, 6.07) is 10.1. The number of carbonyl (C=O) groups excluding carboxylic acids is 1. The highest BCUT2D eigenvalue weighted by Crippen LogP contribution is 2.12. The Hall–Kier alpha value is -2.47. The van der Waals surface area contributed by atoms with Crippen molar-refractivity contribution in [2.24, 2.45) is 0 Å². The van der Waals surface area contributed by atoms with E-state index >= 15 is 0 Å². The Kier molecular flexibility index (Phi) is 5.60. The summed E-state index contributed by atoms with van der Waals surface area (Å²) in [6.45, 7) is 3.83. The van der Waals surface area contributed by atoms with Crippen molar-refractivity contribution >= 4 is 5.91 Å². The second-order valence-electron chi connectivity index (χ2n) is 6.17. The van der Waals surface area contributed by atoms with Crippen LogP contribution in [0.4, 0.5) is 4.39 Å². The Morgan fingerprint density at radius 2 is 1.96 bits per heavy atom. The third-order valence-electron chi connectivity index (χ3n) is 4.38. The number of pyridine rings is 1. The first-order valence-corrected chi connectivity index (χ1v) is 8.37. The molecule has 2 aromatic rings. The van der Waals surface area contributed by atoms with Gasteiger partial charge in [-0.2, -0.15) is 0 Å². The molecule has 25 heavy (non-hydrogen) atoms. The van der Waals surface area contributed by atoms with E-state index < -0.39 is 0 Å². The van der Waals surface area contributed by atoms with Gasteiger partial charge in [-0.15, -0.1) is 0 Å². The third kappa shape index (κ3) is 4.76. The van der Waals surface area contributed by atoms with E-state index in [9.17, 15) is 9.18 Å². The van der Waals surface area contributed by atoms with Crippen molar-refractivity contribution in [3.63, 3.8) is 0 Å². The van der Waals surface area contributed by atoms with Gasteiger partial charge in [0.2, 0.25) is 11.8 Å². The molecule has 5 nitrogen and oxygen atoms in total. The minimum atomic E-state index is -0.303. The number of carbonyl (C=O) groups is 1. The van der Waals surface area contributed by atoms with Gasteiger partial charge >= 0.3 is 0 Å². The zero-order valence-corrected chi connectivity index (χ0v) is 14.3. The molecule has 0 bridgehead atoms. The molecular formula is C19H22FN3O2. The number of ether oxygens (including phenoxy) is 1. The number of piperazine rings is 1. The Balaban J connectivity index is 1.48. The highest BCUT2D eigenvalue weighted by Gasteiger charge is 2.21. The molecule has 0 saturated carbocycles. The molecule has 0 spiro atoms. The quantitative estimate of drug-likeness (QED) is 0.834. The molecule has 2 heterocycles. The number of halogens is 1. The molecule has 1 aliphatic heterocycles. The lowest BCUT2D eigenvalue weighted by Gasteiger charge is -2.34. The average Bonchev–Trinajstić information content (AvgIpc) is 2.63. The Morgan fingerprint density at radius 1 is 1.16 bits per heavy atom. The molecular weight excluding hydrogens is 321 g/mol. The second-order valence-corrected chi connectivity index (χ2v) is 6.17. The van der Waals surface area contributed by atoms with Gasteiger partial charge in [-0.1, -0.05) is 18.2 Å². The van der Waals surface area contributed by atoms with Gasteiger partial charge in [0.15, 0.2) is 0 Å². The fourth-order valence-corrected chi connectivity index (χ4v) is 2.97. The number of hydrogen-bond acceptors (Lipinski definition) is 4. The minimum absolute atomic E-state index is 0.0522. The zero-order chi connectivity index (χ0) is 17.6. The lowest BCUT2D eigenvalue weighted by molar-refractivity contribution is -0.132. The molecule has 1 fully saturated rings. The van der Waals surface area contributed by atoms with Crippen LogP contribution in [0.1, 0.15) is 11.1 Å². The maximum atomic E-state index is 13.2. The molecule has 1 amide bonds. The van der Waals surface area contributed by atoms with E-state index in [2.05, 4.69) is 9.88 Å². The van der Waals surface area contributed by atoms with Crippen LogP contribution in [0.2, 0.25) is 0 Å². The first-order valence-electron chi connectivity index (χ1n) is 8.37. The molecule has 1 aliphatic rings. The number of amides is 1. The summed E-state index contributed by atoms with van der Waals surface area (Å²) in [5.74, 6) is 0.357. The third-order valence-corrected chi connectivity index (χ3v) is 4.38. The van der Waals surface area contributed by atoms with Crippen LogP contribution in [0.25, 0.3) is 0 Å². The average molecular weight is 343 g/mol. The van der Waals surface area contributed by atoms with Crippen LogP contribution in [-0.4, -0.2) is 54.0 Å². The van der Waals surface area contributed by atoms with E-state index in [1.54, 1.807) is 19.2 Å². The van der Waals surface area contributed by atoms with Crippen LogP contribution in [0.3, 0.4) is 0 Å². The first-order chi connectivity index (χ1) is 12.1. The molecule has 132 valence electrons. The Bertz CT molecular complexity index is 713. The number of benzene rings is 1. The molecule has 1 saturated heterocycles. The van der Waals surface area contributed by atoms with Gasteiger partial charge in [0, 0.05) is 45.0 Å². The number of hydrogen-bond donors (Lipinski definition) is 0. The maximum absolute atomic E-state index is 13.2. The highest BCUT2D eigenvalue weighted by atomic mass is 19.1. The summed E-state index contributed by atoms with van der Waals surface area (Å²) in [5, 5.41) is 0. The monoisotopic (exact) mass is 343 g/mol. The predicted octanol–water partition coefficient (Wildman–Crippen LogP) is 2.12. The Morgan fingerprint density at radius 3 is 2.60 bits per heavy atom. The van der Waals surface area contributed by atoms with Gasteiger partial charge in [-0.05, 0) is 23.3 Å². The van der Waals surface area contributed by atoms with E-state index in [1.807, 2.05) is 23.2 Å². The summed E-state index contributed by atoms with van der Waals surface area (Å²) in [6.07, 6.45) is 2.07. The van der Waals surface area contributed by atoms with Crippen molar-refractivity contribution < 1.29 is 13.9 Å². The van der Waals surface area contributed by atoms with Gasteiger partial charge in [-0.25, -0.2) is 9.37 Å². The number of aromatic nitrogens is 1. The van der Waals surface area contributed by atoms with E-state index in [0.717, 1.165) is 30.8 Å². The summed E-state index contributed by atoms with van der Waals surface area (Å²) < 4.78 is 18.3. The van der Waals surface area contributed by atoms with Crippen molar-refractivity contribution in [1.29, 1.82) is 0 Å². The molecule has 0 unspecified atom stereocenters. The van der Waals surface area contributed by atoms with Crippen molar-refractivity contribution in [3.8, 4) is 5.88 Å². The zero-order valence-electron chi connectivity index (χ0n) is 14.3. The van der Waals surface area contributed by atoms with Crippen LogP contribution in [0.15, 0.2) is 42.6 Å². The summed E-state index contributed by atoms with van der Waals surface area (Å²) in [4.78, 5) is 20.7.